The zero-order valence-electron chi connectivity index (χ0n) is 26.6. The van der Waals surface area contributed by atoms with Crippen LogP contribution in [0.2, 0.25) is 0 Å². The maximum Gasteiger partial charge on any atom is 0.408 e. The molecule has 3 unspecified atom stereocenters. The minimum absolute atomic E-state index is 0.0189. The van der Waals surface area contributed by atoms with Crippen molar-refractivity contribution < 1.29 is 28.7 Å². The summed E-state index contributed by atoms with van der Waals surface area (Å²) in [6, 6.07) is 13.4. The van der Waals surface area contributed by atoms with Crippen LogP contribution in [-0.2, 0) is 30.3 Å². The highest BCUT2D eigenvalue weighted by atomic mass is 32.1. The zero-order chi connectivity index (χ0) is 32.4. The molecule has 10 heteroatoms. The van der Waals surface area contributed by atoms with E-state index in [0.717, 1.165) is 11.1 Å². The predicted octanol–water partition coefficient (Wildman–Crippen LogP) is 5.17. The van der Waals surface area contributed by atoms with Crippen LogP contribution in [0.15, 0.2) is 54.6 Å². The Hall–Kier alpha value is -3.53. The number of benzene rings is 2. The van der Waals surface area contributed by atoms with Crippen LogP contribution in [-0.4, -0.2) is 64.4 Å². The molecule has 0 aliphatic carbocycles. The molecule has 3 atom stereocenters. The topological polar surface area (TPSA) is 114 Å². The second-order valence-electron chi connectivity index (χ2n) is 12.5. The Labute approximate surface area is 261 Å². The molecule has 236 valence electrons. The van der Waals surface area contributed by atoms with Crippen LogP contribution in [0.25, 0.3) is 0 Å². The molecular formula is C33H47N3O6S. The quantitative estimate of drug-likeness (QED) is 0.225. The van der Waals surface area contributed by atoms with Gasteiger partial charge in [-0.1, -0.05) is 61.5 Å². The summed E-state index contributed by atoms with van der Waals surface area (Å²) in [6.07, 6.45) is -0.0309. The van der Waals surface area contributed by atoms with E-state index in [9.17, 15) is 19.2 Å². The van der Waals surface area contributed by atoms with E-state index in [1.807, 2.05) is 56.3 Å². The highest BCUT2D eigenvalue weighted by Crippen LogP contribution is 2.27. The number of alkyl carbamates (subject to hydrolysis) is 1. The fraction of sp³-hybridized carbons (Fsp3) is 0.515. The number of ether oxygens (including phenoxy) is 2. The van der Waals surface area contributed by atoms with Crippen molar-refractivity contribution in [3.05, 3.63) is 71.3 Å². The van der Waals surface area contributed by atoms with Crippen LogP contribution in [0, 0.1) is 6.92 Å². The molecule has 2 N–H and O–H groups in total. The van der Waals surface area contributed by atoms with Gasteiger partial charge in [0.1, 0.15) is 29.3 Å². The van der Waals surface area contributed by atoms with Crippen LogP contribution in [0.4, 0.5) is 4.79 Å². The van der Waals surface area contributed by atoms with Crippen molar-refractivity contribution in [2.75, 3.05) is 12.3 Å². The van der Waals surface area contributed by atoms with Gasteiger partial charge in [0, 0.05) is 18.7 Å². The van der Waals surface area contributed by atoms with Crippen LogP contribution in [0.5, 0.6) is 0 Å². The number of hydrogen-bond donors (Lipinski definition) is 3. The Balaban J connectivity index is 2.53. The number of nitrogens with zero attached hydrogens (tertiary/aromatic N) is 1. The van der Waals surface area contributed by atoms with Gasteiger partial charge in [0.05, 0.1) is 0 Å². The molecule has 0 bridgehead atoms. The third kappa shape index (κ3) is 11.6. The van der Waals surface area contributed by atoms with Crippen LogP contribution < -0.4 is 10.6 Å². The van der Waals surface area contributed by atoms with Crippen molar-refractivity contribution in [3.8, 4) is 0 Å². The van der Waals surface area contributed by atoms with Gasteiger partial charge in [-0.2, -0.15) is 12.6 Å². The van der Waals surface area contributed by atoms with Gasteiger partial charge in [-0.15, -0.1) is 0 Å². The summed E-state index contributed by atoms with van der Waals surface area (Å²) in [4.78, 5) is 55.7. The van der Waals surface area contributed by atoms with E-state index in [0.29, 0.717) is 12.0 Å². The summed E-state index contributed by atoms with van der Waals surface area (Å²) in [5.74, 6) is -1.64. The number of hydrogen-bond acceptors (Lipinski definition) is 7. The lowest BCUT2D eigenvalue weighted by Gasteiger charge is -2.35. The number of rotatable bonds is 12. The van der Waals surface area contributed by atoms with Gasteiger partial charge in [0.2, 0.25) is 11.8 Å². The van der Waals surface area contributed by atoms with Crippen LogP contribution >= 0.6 is 12.6 Å². The summed E-state index contributed by atoms with van der Waals surface area (Å²) in [5.41, 5.74) is 0.680. The lowest BCUT2D eigenvalue weighted by molar-refractivity contribution is -0.159. The number of thiol groups is 1. The summed E-state index contributed by atoms with van der Waals surface area (Å²) >= 11 is 4.33. The van der Waals surface area contributed by atoms with Crippen molar-refractivity contribution in [1.29, 1.82) is 0 Å². The lowest BCUT2D eigenvalue weighted by atomic mass is 9.97. The molecule has 3 amide bonds. The summed E-state index contributed by atoms with van der Waals surface area (Å²) in [7, 11) is 0. The molecule has 0 saturated carbocycles. The SMILES string of the molecule is CCCN(C(=O)C(CS)NC(=O)OC(C)(C)C)C(C(=O)NC(Cc1ccccc1)C(=O)OC(C)(C)C)c1ccccc1C. The monoisotopic (exact) mass is 613 g/mol. The molecule has 2 aromatic rings. The van der Waals surface area contributed by atoms with Crippen molar-refractivity contribution >= 4 is 36.5 Å². The molecule has 0 aromatic heterocycles. The first-order valence-corrected chi connectivity index (χ1v) is 15.2. The Morgan fingerprint density at radius 2 is 1.42 bits per heavy atom. The average molecular weight is 614 g/mol. The molecule has 9 nitrogen and oxygen atoms in total. The second-order valence-corrected chi connectivity index (χ2v) is 12.8. The van der Waals surface area contributed by atoms with Gasteiger partial charge < -0.3 is 25.0 Å². The molecule has 0 aliphatic heterocycles. The smallest absolute Gasteiger partial charge is 0.408 e. The molecular weight excluding hydrogens is 566 g/mol. The van der Waals surface area contributed by atoms with Crippen molar-refractivity contribution in [1.82, 2.24) is 15.5 Å². The van der Waals surface area contributed by atoms with Gasteiger partial charge in [0.15, 0.2) is 0 Å². The first-order chi connectivity index (χ1) is 20.1. The predicted molar refractivity (Wildman–Crippen MR) is 171 cm³/mol. The summed E-state index contributed by atoms with van der Waals surface area (Å²) < 4.78 is 11.0. The maximum absolute atomic E-state index is 14.3. The number of aryl methyl sites for hydroxylation is 1. The molecule has 0 saturated heterocycles. The first kappa shape index (κ1) is 35.7. The molecule has 0 spiro atoms. The number of nitrogens with one attached hydrogen (secondary N) is 2. The molecule has 43 heavy (non-hydrogen) atoms. The van der Waals surface area contributed by atoms with Gasteiger partial charge in [-0.05, 0) is 71.6 Å². The summed E-state index contributed by atoms with van der Waals surface area (Å²) in [5, 5.41) is 5.50. The van der Waals surface area contributed by atoms with Gasteiger partial charge >= 0.3 is 12.1 Å². The Kier molecular flexibility index (Phi) is 13.1. The third-order valence-electron chi connectivity index (χ3n) is 6.25. The molecule has 0 heterocycles. The highest BCUT2D eigenvalue weighted by Gasteiger charge is 2.38. The Morgan fingerprint density at radius 3 is 1.95 bits per heavy atom. The van der Waals surface area contributed by atoms with Crippen LogP contribution in [0.3, 0.4) is 0 Å². The number of esters is 1. The molecule has 2 rings (SSSR count). The first-order valence-electron chi connectivity index (χ1n) is 14.6. The van der Waals surface area contributed by atoms with E-state index in [2.05, 4.69) is 23.3 Å². The largest absolute Gasteiger partial charge is 0.458 e. The Morgan fingerprint density at radius 1 is 0.837 bits per heavy atom. The van der Waals surface area contributed by atoms with E-state index >= 15 is 0 Å². The van der Waals surface area contributed by atoms with Gasteiger partial charge in [0.25, 0.3) is 0 Å². The van der Waals surface area contributed by atoms with Crippen LogP contribution in [0.1, 0.15) is 77.6 Å². The highest BCUT2D eigenvalue weighted by molar-refractivity contribution is 7.80. The number of carbonyl (C=O) groups is 4. The Bertz CT molecular complexity index is 1240. The van der Waals surface area contributed by atoms with Crippen molar-refractivity contribution in [3.63, 3.8) is 0 Å². The number of amides is 3. The fourth-order valence-electron chi connectivity index (χ4n) is 4.45. The minimum atomic E-state index is -1.10. The van der Waals surface area contributed by atoms with E-state index in [1.54, 1.807) is 53.7 Å². The normalized spacial score (nSPS) is 13.7. The van der Waals surface area contributed by atoms with Gasteiger partial charge in [-0.25, -0.2) is 9.59 Å². The molecule has 0 fully saturated rings. The van der Waals surface area contributed by atoms with Crippen molar-refractivity contribution in [2.24, 2.45) is 0 Å². The van der Waals surface area contributed by atoms with E-state index < -0.39 is 53.2 Å². The standard InChI is InChI=1S/C33H47N3O6S/c1-9-19-36(29(38)26(21-43)35-31(40)42-33(6,7)8)27(24-18-14-13-15-22(24)2)28(37)34-25(30(39)41-32(3,4)5)20-23-16-11-10-12-17-23/h10-18,25-27,43H,9,19-21H2,1-8H3,(H,34,37)(H,35,40). The molecule has 0 aliphatic rings. The molecule has 0 radical (unpaired) electrons. The average Bonchev–Trinajstić information content (AvgIpc) is 2.90. The second kappa shape index (κ2) is 15.8. The fourth-order valence-corrected chi connectivity index (χ4v) is 4.70. The molecule has 2 aromatic carbocycles. The lowest BCUT2D eigenvalue weighted by Crippen LogP contribution is -2.55. The van der Waals surface area contributed by atoms with Gasteiger partial charge in [-0.3, -0.25) is 9.59 Å². The van der Waals surface area contributed by atoms with E-state index in [-0.39, 0.29) is 18.7 Å². The maximum atomic E-state index is 14.3. The summed E-state index contributed by atoms with van der Waals surface area (Å²) in [6.45, 7) is 14.4. The minimum Gasteiger partial charge on any atom is -0.458 e. The number of carbonyl (C=O) groups excluding carboxylic acids is 4. The third-order valence-corrected chi connectivity index (χ3v) is 6.62. The van der Waals surface area contributed by atoms with E-state index in [1.165, 1.54) is 4.90 Å². The van der Waals surface area contributed by atoms with E-state index in [4.69, 9.17) is 9.47 Å². The zero-order valence-corrected chi connectivity index (χ0v) is 27.5. The van der Waals surface area contributed by atoms with Crippen molar-refractivity contribution in [2.45, 2.75) is 97.6 Å².